The maximum Gasteiger partial charge on any atom is 0.329 e. The third kappa shape index (κ3) is 2.23. The van der Waals surface area contributed by atoms with Crippen molar-refractivity contribution in [1.82, 2.24) is 10.3 Å². The van der Waals surface area contributed by atoms with Gasteiger partial charge in [0.2, 0.25) is 5.91 Å². The van der Waals surface area contributed by atoms with Crippen LogP contribution >= 0.6 is 0 Å². The van der Waals surface area contributed by atoms with Crippen LogP contribution in [0.4, 0.5) is 15.0 Å². The van der Waals surface area contributed by atoms with Gasteiger partial charge in [0, 0.05) is 25.1 Å². The second-order valence-electron chi connectivity index (χ2n) is 3.59. The van der Waals surface area contributed by atoms with Crippen LogP contribution in [0.25, 0.3) is 0 Å². The number of urea groups is 1. The normalized spacial score (nSPS) is 16.0. The van der Waals surface area contributed by atoms with Gasteiger partial charge in [0.1, 0.15) is 11.6 Å². The zero-order chi connectivity index (χ0) is 12.4. The quantitative estimate of drug-likeness (QED) is 0.766. The van der Waals surface area contributed by atoms with Crippen molar-refractivity contribution >= 4 is 17.8 Å². The lowest BCUT2D eigenvalue weighted by atomic mass is 10.2. The van der Waals surface area contributed by atoms with Crippen molar-refractivity contribution in [1.29, 1.82) is 0 Å². The molecule has 0 bridgehead atoms. The molecule has 0 unspecified atom stereocenters. The first-order valence-corrected chi connectivity index (χ1v) is 5.07. The molecule has 0 aliphatic carbocycles. The van der Waals surface area contributed by atoms with E-state index in [-0.39, 0.29) is 36.8 Å². The molecule has 90 valence electrons. The van der Waals surface area contributed by atoms with Gasteiger partial charge in [-0.15, -0.1) is 0 Å². The molecule has 0 aromatic carbocycles. The van der Waals surface area contributed by atoms with Crippen LogP contribution in [0.1, 0.15) is 12.0 Å². The molecule has 3 N–H and O–H groups in total. The lowest BCUT2D eigenvalue weighted by Crippen LogP contribution is -2.49. The molecule has 0 spiro atoms. The molecule has 3 amide bonds. The van der Waals surface area contributed by atoms with E-state index in [0.717, 1.165) is 6.20 Å². The predicted octanol–water partition coefficient (Wildman–Crippen LogP) is 0.126. The zero-order valence-electron chi connectivity index (χ0n) is 8.94. The third-order valence-corrected chi connectivity index (χ3v) is 2.47. The van der Waals surface area contributed by atoms with Crippen molar-refractivity contribution in [2.45, 2.75) is 13.0 Å². The van der Waals surface area contributed by atoms with Crippen LogP contribution in [-0.4, -0.2) is 23.5 Å². The van der Waals surface area contributed by atoms with Gasteiger partial charge < -0.3 is 5.73 Å². The number of carbonyl (C=O) groups is 2. The molecule has 0 saturated carbocycles. The Balaban J connectivity index is 2.28. The molecule has 0 radical (unpaired) electrons. The molecule has 1 saturated heterocycles. The molecule has 1 fully saturated rings. The summed E-state index contributed by atoms with van der Waals surface area (Å²) < 4.78 is 13.2. The van der Waals surface area contributed by atoms with E-state index >= 15 is 0 Å². The minimum absolute atomic E-state index is 0.0236. The SMILES string of the molecule is NCc1cc(N2CCC(=O)NC2=O)ncc1F. The molecule has 1 aromatic heterocycles. The fraction of sp³-hybridized carbons (Fsp3) is 0.300. The summed E-state index contributed by atoms with van der Waals surface area (Å²) in [5, 5.41) is 2.16. The molecule has 1 aliphatic heterocycles. The average molecular weight is 238 g/mol. The molecule has 1 aliphatic rings. The van der Waals surface area contributed by atoms with E-state index in [4.69, 9.17) is 5.73 Å². The molecule has 1 aromatic rings. The van der Waals surface area contributed by atoms with Gasteiger partial charge in [-0.25, -0.2) is 14.2 Å². The summed E-state index contributed by atoms with van der Waals surface area (Å²) in [5.41, 5.74) is 5.64. The Morgan fingerprint density at radius 2 is 2.29 bits per heavy atom. The Morgan fingerprint density at radius 3 is 2.94 bits per heavy atom. The molecule has 2 rings (SSSR count). The van der Waals surface area contributed by atoms with E-state index < -0.39 is 11.8 Å². The summed E-state index contributed by atoms with van der Waals surface area (Å²) in [5.74, 6) is -0.547. The van der Waals surface area contributed by atoms with E-state index in [1.807, 2.05) is 0 Å². The van der Waals surface area contributed by atoms with E-state index in [1.54, 1.807) is 0 Å². The minimum Gasteiger partial charge on any atom is -0.326 e. The number of nitrogens with two attached hydrogens (primary N) is 1. The second kappa shape index (κ2) is 4.46. The van der Waals surface area contributed by atoms with Gasteiger partial charge in [0.15, 0.2) is 0 Å². The molecule has 17 heavy (non-hydrogen) atoms. The minimum atomic E-state index is -0.552. The summed E-state index contributed by atoms with van der Waals surface area (Å²) >= 11 is 0. The molecule has 6 nitrogen and oxygen atoms in total. The Labute approximate surface area is 96.6 Å². The second-order valence-corrected chi connectivity index (χ2v) is 3.59. The number of halogens is 1. The van der Waals surface area contributed by atoms with Crippen LogP contribution in [0.3, 0.4) is 0 Å². The highest BCUT2D eigenvalue weighted by Gasteiger charge is 2.25. The van der Waals surface area contributed by atoms with Crippen LogP contribution in [0.15, 0.2) is 12.3 Å². The molecule has 0 atom stereocenters. The average Bonchev–Trinajstić information content (AvgIpc) is 2.30. The number of nitrogens with one attached hydrogen (secondary N) is 1. The topological polar surface area (TPSA) is 88.3 Å². The number of hydrogen-bond acceptors (Lipinski definition) is 4. The number of aromatic nitrogens is 1. The first-order valence-electron chi connectivity index (χ1n) is 5.07. The number of pyridine rings is 1. The van der Waals surface area contributed by atoms with Crippen LogP contribution < -0.4 is 16.0 Å². The fourth-order valence-electron chi connectivity index (χ4n) is 1.55. The van der Waals surface area contributed by atoms with Gasteiger partial charge in [0.05, 0.1) is 6.20 Å². The Morgan fingerprint density at radius 1 is 1.53 bits per heavy atom. The Kier molecular flexibility index (Phi) is 3.01. The lowest BCUT2D eigenvalue weighted by Gasteiger charge is -2.25. The summed E-state index contributed by atoms with van der Waals surface area (Å²) in [4.78, 5) is 27.6. The smallest absolute Gasteiger partial charge is 0.326 e. The van der Waals surface area contributed by atoms with Crippen LogP contribution in [0.2, 0.25) is 0 Å². The van der Waals surface area contributed by atoms with E-state index in [0.29, 0.717) is 0 Å². The predicted molar refractivity (Wildman–Crippen MR) is 57.6 cm³/mol. The molecular formula is C10H11FN4O2. The first-order chi connectivity index (χ1) is 8.11. The van der Waals surface area contributed by atoms with Gasteiger partial charge in [-0.2, -0.15) is 0 Å². The van der Waals surface area contributed by atoms with Crippen molar-refractivity contribution < 1.29 is 14.0 Å². The van der Waals surface area contributed by atoms with Crippen molar-refractivity contribution in [3.8, 4) is 0 Å². The van der Waals surface area contributed by atoms with Crippen molar-refractivity contribution in [2.24, 2.45) is 5.73 Å². The summed E-state index contributed by atoms with van der Waals surface area (Å²) in [7, 11) is 0. The van der Waals surface area contributed by atoms with Crippen LogP contribution in [0.5, 0.6) is 0 Å². The van der Waals surface area contributed by atoms with Gasteiger partial charge >= 0.3 is 6.03 Å². The number of hydrogen-bond donors (Lipinski definition) is 2. The summed E-state index contributed by atoms with van der Waals surface area (Å²) in [6.07, 6.45) is 1.21. The van der Waals surface area contributed by atoms with Gasteiger partial charge in [0.25, 0.3) is 0 Å². The van der Waals surface area contributed by atoms with Gasteiger partial charge in [-0.3, -0.25) is 15.0 Å². The van der Waals surface area contributed by atoms with E-state index in [2.05, 4.69) is 10.3 Å². The Hall–Kier alpha value is -2.02. The van der Waals surface area contributed by atoms with Crippen LogP contribution in [-0.2, 0) is 11.3 Å². The fourth-order valence-corrected chi connectivity index (χ4v) is 1.55. The zero-order valence-corrected chi connectivity index (χ0v) is 8.94. The Bertz CT molecular complexity index is 477. The van der Waals surface area contributed by atoms with E-state index in [1.165, 1.54) is 11.0 Å². The largest absolute Gasteiger partial charge is 0.329 e. The summed E-state index contributed by atoms with van der Waals surface area (Å²) in [6, 6.07) is 0.855. The van der Waals surface area contributed by atoms with Gasteiger partial charge in [-0.05, 0) is 6.07 Å². The number of imide groups is 1. The number of nitrogens with zero attached hydrogens (tertiary/aromatic N) is 2. The maximum atomic E-state index is 13.2. The highest BCUT2D eigenvalue weighted by molar-refractivity contribution is 6.05. The first kappa shape index (κ1) is 11.5. The van der Waals surface area contributed by atoms with Crippen molar-refractivity contribution in [2.75, 3.05) is 11.4 Å². The highest BCUT2D eigenvalue weighted by Crippen LogP contribution is 2.17. The monoisotopic (exact) mass is 238 g/mol. The number of anilines is 1. The van der Waals surface area contributed by atoms with Crippen molar-refractivity contribution in [3.63, 3.8) is 0 Å². The van der Waals surface area contributed by atoms with Crippen LogP contribution in [0, 0.1) is 5.82 Å². The number of rotatable bonds is 2. The number of carbonyl (C=O) groups excluding carboxylic acids is 2. The lowest BCUT2D eigenvalue weighted by molar-refractivity contribution is -0.120. The summed E-state index contributed by atoms with van der Waals surface area (Å²) in [6.45, 7) is 0.253. The van der Waals surface area contributed by atoms with E-state index in [9.17, 15) is 14.0 Å². The maximum absolute atomic E-state index is 13.2. The molecule has 2 heterocycles. The number of amides is 3. The van der Waals surface area contributed by atoms with Gasteiger partial charge in [-0.1, -0.05) is 0 Å². The standard InChI is InChI=1S/C10H11FN4O2/c11-7-5-13-8(3-6(7)4-12)15-2-1-9(16)14-10(15)17/h3,5H,1-2,4,12H2,(H,14,16,17). The third-order valence-electron chi connectivity index (χ3n) is 2.47. The molecule has 7 heteroatoms. The molecular weight excluding hydrogens is 227 g/mol. The van der Waals surface area contributed by atoms with Crippen molar-refractivity contribution in [3.05, 3.63) is 23.6 Å². The highest BCUT2D eigenvalue weighted by atomic mass is 19.1.